The van der Waals surface area contributed by atoms with E-state index in [0.717, 1.165) is 18.4 Å². The molecule has 1 unspecified atom stereocenters. The topological polar surface area (TPSA) is 39.2 Å². The fourth-order valence-corrected chi connectivity index (χ4v) is 1.87. The Morgan fingerprint density at radius 3 is 3.00 bits per heavy atom. The number of ketones is 1. The van der Waals surface area contributed by atoms with E-state index >= 15 is 0 Å². The molecular formula is C13H17NO2. The summed E-state index contributed by atoms with van der Waals surface area (Å²) in [5.41, 5.74) is 0.970. The highest BCUT2D eigenvalue weighted by atomic mass is 16.5. The van der Waals surface area contributed by atoms with E-state index in [1.807, 2.05) is 19.1 Å². The largest absolute Gasteiger partial charge is 0.370 e. The zero-order chi connectivity index (χ0) is 11.4. The maximum Gasteiger partial charge on any atom is 0.166 e. The maximum absolute atomic E-state index is 12.0. The van der Waals surface area contributed by atoms with Crippen molar-refractivity contribution >= 4 is 5.78 Å². The van der Waals surface area contributed by atoms with E-state index < -0.39 is 0 Å². The molecule has 2 rings (SSSR count). The molecule has 0 N–H and O–H groups in total. The van der Waals surface area contributed by atoms with Crippen molar-refractivity contribution in [1.29, 1.82) is 0 Å². The number of pyridine rings is 1. The summed E-state index contributed by atoms with van der Waals surface area (Å²) in [7, 11) is 0. The minimum atomic E-state index is -0.190. The van der Waals surface area contributed by atoms with Crippen LogP contribution in [0.2, 0.25) is 0 Å². The third kappa shape index (κ3) is 2.89. The molecule has 1 atom stereocenters. The lowest BCUT2D eigenvalue weighted by Crippen LogP contribution is -2.28. The van der Waals surface area contributed by atoms with Crippen molar-refractivity contribution in [2.24, 2.45) is 5.92 Å². The van der Waals surface area contributed by atoms with Crippen LogP contribution in [0.3, 0.4) is 0 Å². The molecule has 1 aromatic heterocycles. The normalized spacial score (nSPS) is 17.1. The van der Waals surface area contributed by atoms with Crippen LogP contribution in [0.15, 0.2) is 24.5 Å². The molecule has 86 valence electrons. The van der Waals surface area contributed by atoms with Crippen LogP contribution in [0, 0.1) is 5.92 Å². The molecular weight excluding hydrogens is 202 g/mol. The Kier molecular flexibility index (Phi) is 3.67. The lowest BCUT2D eigenvalue weighted by atomic mass is 10.0. The quantitative estimate of drug-likeness (QED) is 0.734. The molecule has 0 spiro atoms. The number of hydrogen-bond donors (Lipinski definition) is 0. The fraction of sp³-hybridized carbons (Fsp3) is 0.538. The number of Topliss-reactive ketones (excluding diaryl/α,β-unsaturated/α-hetero) is 1. The molecule has 0 radical (unpaired) electrons. The molecule has 3 heteroatoms. The Morgan fingerprint density at radius 1 is 1.62 bits per heavy atom. The van der Waals surface area contributed by atoms with Crippen molar-refractivity contribution in [3.05, 3.63) is 30.1 Å². The van der Waals surface area contributed by atoms with Gasteiger partial charge in [-0.1, -0.05) is 6.07 Å². The Bertz CT molecular complexity index is 346. The summed E-state index contributed by atoms with van der Waals surface area (Å²) in [5.74, 6) is 0.654. The smallest absolute Gasteiger partial charge is 0.166 e. The van der Waals surface area contributed by atoms with Crippen molar-refractivity contribution in [1.82, 2.24) is 4.98 Å². The van der Waals surface area contributed by atoms with Gasteiger partial charge in [0.15, 0.2) is 5.78 Å². The van der Waals surface area contributed by atoms with Gasteiger partial charge in [0.2, 0.25) is 0 Å². The molecule has 1 heterocycles. The van der Waals surface area contributed by atoms with E-state index in [-0.39, 0.29) is 11.9 Å². The van der Waals surface area contributed by atoms with Gasteiger partial charge in [0.25, 0.3) is 0 Å². The van der Waals surface area contributed by atoms with Crippen LogP contribution < -0.4 is 0 Å². The van der Waals surface area contributed by atoms with Gasteiger partial charge in [0, 0.05) is 25.4 Å². The van der Waals surface area contributed by atoms with E-state index in [4.69, 9.17) is 4.74 Å². The zero-order valence-corrected chi connectivity index (χ0v) is 9.56. The van der Waals surface area contributed by atoms with Gasteiger partial charge in [0.1, 0.15) is 6.10 Å². The second-order valence-electron chi connectivity index (χ2n) is 4.22. The van der Waals surface area contributed by atoms with E-state index in [1.165, 1.54) is 0 Å². The zero-order valence-electron chi connectivity index (χ0n) is 9.56. The Morgan fingerprint density at radius 2 is 2.44 bits per heavy atom. The lowest BCUT2D eigenvalue weighted by Gasteiger charge is -2.14. The standard InChI is InChI=1S/C13H17NO2/c1-2-16-13(11-5-6-11)12(15)8-10-4-3-7-14-9-10/h3-4,7,9,11,13H,2,5-6,8H2,1H3. The number of carbonyl (C=O) groups excluding carboxylic acids is 1. The maximum atomic E-state index is 12.0. The second-order valence-corrected chi connectivity index (χ2v) is 4.22. The van der Waals surface area contributed by atoms with Gasteiger partial charge in [0.05, 0.1) is 0 Å². The molecule has 1 aliphatic rings. The highest BCUT2D eigenvalue weighted by Crippen LogP contribution is 2.35. The average molecular weight is 219 g/mol. The van der Waals surface area contributed by atoms with Crippen molar-refractivity contribution in [3.63, 3.8) is 0 Å². The molecule has 0 saturated heterocycles. The summed E-state index contributed by atoms with van der Waals surface area (Å²) in [6, 6.07) is 3.79. The van der Waals surface area contributed by atoms with E-state index in [1.54, 1.807) is 12.4 Å². The molecule has 0 bridgehead atoms. The third-order valence-corrected chi connectivity index (χ3v) is 2.81. The first kappa shape index (κ1) is 11.3. The molecule has 0 aromatic carbocycles. The highest BCUT2D eigenvalue weighted by Gasteiger charge is 2.36. The summed E-state index contributed by atoms with van der Waals surface area (Å²) in [4.78, 5) is 16.0. The second kappa shape index (κ2) is 5.21. The van der Waals surface area contributed by atoms with Crippen molar-refractivity contribution in [2.45, 2.75) is 32.3 Å². The first-order valence-corrected chi connectivity index (χ1v) is 5.84. The monoisotopic (exact) mass is 219 g/mol. The van der Waals surface area contributed by atoms with Gasteiger partial charge in [-0.25, -0.2) is 0 Å². The van der Waals surface area contributed by atoms with Gasteiger partial charge in [-0.15, -0.1) is 0 Å². The summed E-state index contributed by atoms with van der Waals surface area (Å²) < 4.78 is 5.53. The van der Waals surface area contributed by atoms with Crippen molar-refractivity contribution in [3.8, 4) is 0 Å². The Labute approximate surface area is 95.8 Å². The number of nitrogens with zero attached hydrogens (tertiary/aromatic N) is 1. The van der Waals surface area contributed by atoms with Gasteiger partial charge in [-0.3, -0.25) is 9.78 Å². The van der Waals surface area contributed by atoms with Crippen LogP contribution in [0.4, 0.5) is 0 Å². The number of ether oxygens (including phenoxy) is 1. The van der Waals surface area contributed by atoms with Crippen LogP contribution in [0.25, 0.3) is 0 Å². The molecule has 0 aliphatic heterocycles. The lowest BCUT2D eigenvalue weighted by molar-refractivity contribution is -0.130. The van der Waals surface area contributed by atoms with Crippen molar-refractivity contribution in [2.75, 3.05) is 6.61 Å². The third-order valence-electron chi connectivity index (χ3n) is 2.81. The van der Waals surface area contributed by atoms with Crippen LogP contribution in [-0.2, 0) is 16.0 Å². The SMILES string of the molecule is CCOC(C(=O)Cc1cccnc1)C1CC1. The van der Waals surface area contributed by atoms with Crippen LogP contribution in [0.1, 0.15) is 25.3 Å². The number of rotatable bonds is 6. The van der Waals surface area contributed by atoms with Gasteiger partial charge in [-0.2, -0.15) is 0 Å². The van der Waals surface area contributed by atoms with E-state index in [2.05, 4.69) is 4.98 Å². The summed E-state index contributed by atoms with van der Waals surface area (Å²) in [6.07, 6.45) is 5.97. The number of carbonyl (C=O) groups is 1. The molecule has 1 fully saturated rings. The molecule has 3 nitrogen and oxygen atoms in total. The first-order valence-electron chi connectivity index (χ1n) is 5.84. The summed E-state index contributed by atoms with van der Waals surface area (Å²) in [5, 5.41) is 0. The average Bonchev–Trinajstić information content (AvgIpc) is 3.11. The predicted octanol–water partition coefficient (Wildman–Crippen LogP) is 2.01. The minimum Gasteiger partial charge on any atom is -0.370 e. The van der Waals surface area contributed by atoms with E-state index in [9.17, 15) is 4.79 Å². The van der Waals surface area contributed by atoms with Gasteiger partial charge < -0.3 is 4.74 Å². The van der Waals surface area contributed by atoms with Crippen LogP contribution in [0.5, 0.6) is 0 Å². The number of aromatic nitrogens is 1. The highest BCUT2D eigenvalue weighted by molar-refractivity contribution is 5.85. The molecule has 0 amide bonds. The van der Waals surface area contributed by atoms with Gasteiger partial charge >= 0.3 is 0 Å². The van der Waals surface area contributed by atoms with Gasteiger partial charge in [-0.05, 0) is 37.3 Å². The molecule has 1 aliphatic carbocycles. The number of hydrogen-bond acceptors (Lipinski definition) is 3. The fourth-order valence-electron chi connectivity index (χ4n) is 1.87. The summed E-state index contributed by atoms with van der Waals surface area (Å²) >= 11 is 0. The Hall–Kier alpha value is -1.22. The summed E-state index contributed by atoms with van der Waals surface area (Å²) in [6.45, 7) is 2.55. The predicted molar refractivity (Wildman–Crippen MR) is 61.1 cm³/mol. The molecule has 16 heavy (non-hydrogen) atoms. The molecule has 1 saturated carbocycles. The van der Waals surface area contributed by atoms with E-state index in [0.29, 0.717) is 18.9 Å². The van der Waals surface area contributed by atoms with Crippen molar-refractivity contribution < 1.29 is 9.53 Å². The first-order chi connectivity index (χ1) is 7.81. The molecule has 1 aromatic rings. The Balaban J connectivity index is 1.95. The van der Waals surface area contributed by atoms with Crippen LogP contribution in [-0.4, -0.2) is 23.5 Å². The minimum absolute atomic E-state index is 0.190. The van der Waals surface area contributed by atoms with Crippen LogP contribution >= 0.6 is 0 Å².